The number of anilines is 1. The Hall–Kier alpha value is -2.73. The first-order valence-corrected chi connectivity index (χ1v) is 14.2. The second-order valence-electron chi connectivity index (χ2n) is 7.99. The van der Waals surface area contributed by atoms with Crippen LogP contribution in [0.3, 0.4) is 0 Å². The van der Waals surface area contributed by atoms with E-state index in [9.17, 15) is 8.42 Å². The van der Waals surface area contributed by atoms with Crippen LogP contribution in [0.25, 0.3) is 10.8 Å². The van der Waals surface area contributed by atoms with Gasteiger partial charge in [-0.15, -0.1) is 10.4 Å². The van der Waals surface area contributed by atoms with E-state index < -0.39 is 18.1 Å². The highest BCUT2D eigenvalue weighted by Crippen LogP contribution is 2.30. The van der Waals surface area contributed by atoms with Gasteiger partial charge in [-0.2, -0.15) is 5.12 Å². The molecular weight excluding hydrogens is 400 g/mol. The average Bonchev–Trinajstić information content (AvgIpc) is 2.65. The summed E-state index contributed by atoms with van der Waals surface area (Å²) in [6, 6.07) is 11.0. The van der Waals surface area contributed by atoms with Crippen LogP contribution in [0.2, 0.25) is 19.6 Å². The summed E-state index contributed by atoms with van der Waals surface area (Å²) in [5, 5.41) is 2.88. The van der Waals surface area contributed by atoms with Crippen LogP contribution < -0.4 is 15.2 Å². The van der Waals surface area contributed by atoms with Gasteiger partial charge in [0.15, 0.2) is 0 Å². The minimum absolute atomic E-state index is 0.215. The maximum atomic E-state index is 13.2. The van der Waals surface area contributed by atoms with Crippen LogP contribution in [-0.4, -0.2) is 35.7 Å². The molecule has 0 spiro atoms. The molecular formula is C21H26N4O2SSi. The Morgan fingerprint density at radius 3 is 2.45 bits per heavy atom. The van der Waals surface area contributed by atoms with Crippen LogP contribution in [0.4, 0.5) is 5.69 Å². The Morgan fingerprint density at radius 2 is 1.76 bits per heavy atom. The first-order valence-electron chi connectivity index (χ1n) is 9.26. The molecule has 0 aromatic heterocycles. The van der Waals surface area contributed by atoms with Crippen LogP contribution in [-0.2, 0) is 10.0 Å². The van der Waals surface area contributed by atoms with E-state index in [4.69, 9.17) is 0 Å². The lowest BCUT2D eigenvalue weighted by Crippen LogP contribution is -2.48. The molecule has 0 radical (unpaired) electrons. The molecule has 0 amide bonds. The number of hydrogen-bond donors (Lipinski definition) is 2. The molecule has 0 saturated carbocycles. The molecule has 0 saturated heterocycles. The van der Waals surface area contributed by atoms with E-state index in [2.05, 4.69) is 41.4 Å². The van der Waals surface area contributed by atoms with Crippen molar-refractivity contribution < 1.29 is 8.42 Å². The van der Waals surface area contributed by atoms with Crippen LogP contribution in [0.15, 0.2) is 65.3 Å². The topological polar surface area (TPSA) is 64.7 Å². The van der Waals surface area contributed by atoms with Gasteiger partial charge in [-0.05, 0) is 24.3 Å². The van der Waals surface area contributed by atoms with Gasteiger partial charge in [0.1, 0.15) is 13.8 Å². The molecule has 0 aliphatic carbocycles. The highest BCUT2D eigenvalue weighted by Gasteiger charge is 2.23. The number of benzene rings is 2. The van der Waals surface area contributed by atoms with Crippen molar-refractivity contribution in [1.82, 2.24) is 15.4 Å². The lowest BCUT2D eigenvalue weighted by Gasteiger charge is -2.26. The molecule has 1 heterocycles. The zero-order valence-corrected chi connectivity index (χ0v) is 19.1. The summed E-state index contributed by atoms with van der Waals surface area (Å²) >= 11 is 0. The number of hydrazine groups is 2. The summed E-state index contributed by atoms with van der Waals surface area (Å²) in [5.41, 5.74) is 7.68. The van der Waals surface area contributed by atoms with Gasteiger partial charge in [0, 0.05) is 36.8 Å². The smallest absolute Gasteiger partial charge is 0.259 e. The van der Waals surface area contributed by atoms with Gasteiger partial charge in [0.25, 0.3) is 10.0 Å². The number of nitrogens with zero attached hydrogens (tertiary/aromatic N) is 2. The molecule has 6 nitrogen and oxygen atoms in total. The molecule has 1 aliphatic rings. The molecule has 0 unspecified atom stereocenters. The lowest BCUT2D eigenvalue weighted by molar-refractivity contribution is 0.259. The zero-order valence-electron chi connectivity index (χ0n) is 17.3. The number of allylic oxidation sites excluding steroid dienone is 3. The Bertz CT molecular complexity index is 1150. The Morgan fingerprint density at radius 1 is 1.07 bits per heavy atom. The fraction of sp³-hybridized carbons (Fsp3) is 0.238. The van der Waals surface area contributed by atoms with Crippen LogP contribution in [0.5, 0.6) is 0 Å². The highest BCUT2D eigenvalue weighted by atomic mass is 32.2. The summed E-state index contributed by atoms with van der Waals surface area (Å²) in [7, 11) is -1.59. The third-order valence-corrected chi connectivity index (χ3v) is 6.44. The van der Waals surface area contributed by atoms with Crippen molar-refractivity contribution in [2.75, 3.05) is 19.0 Å². The quantitative estimate of drug-likeness (QED) is 0.581. The third-order valence-electron chi connectivity index (χ3n) is 4.20. The standard InChI is InChI=1S/C21H26N4O2SSi/c1-24(2)20-12-6-11-19-18(20)10-7-13-21(19)28(26,27)23-25-17(9-8-15-22-25)14-16-29(3,4)5/h6-13,15,22-23H,1-5H3. The second-order valence-corrected chi connectivity index (χ2v) is 14.4. The van der Waals surface area contributed by atoms with Crippen molar-refractivity contribution in [1.29, 1.82) is 0 Å². The summed E-state index contributed by atoms with van der Waals surface area (Å²) < 4.78 is 26.5. The molecule has 0 fully saturated rings. The van der Waals surface area contributed by atoms with Gasteiger partial charge >= 0.3 is 0 Å². The molecule has 2 aromatic carbocycles. The molecule has 2 N–H and O–H groups in total. The van der Waals surface area contributed by atoms with Gasteiger partial charge in [0.05, 0.1) is 4.90 Å². The Kier molecular flexibility index (Phi) is 5.75. The van der Waals surface area contributed by atoms with Gasteiger partial charge in [0.2, 0.25) is 0 Å². The number of nitrogens with one attached hydrogen (secondary N) is 2. The van der Waals surface area contributed by atoms with Gasteiger partial charge < -0.3 is 4.90 Å². The summed E-state index contributed by atoms with van der Waals surface area (Å²) in [4.78, 5) is 4.80. The summed E-state index contributed by atoms with van der Waals surface area (Å²) in [6.07, 6.45) is 5.22. The predicted molar refractivity (Wildman–Crippen MR) is 122 cm³/mol. The van der Waals surface area contributed by atoms with Crippen LogP contribution in [0.1, 0.15) is 0 Å². The Balaban J connectivity index is 2.00. The van der Waals surface area contributed by atoms with E-state index in [0.29, 0.717) is 11.1 Å². The van der Waals surface area contributed by atoms with Crippen molar-refractivity contribution >= 4 is 34.6 Å². The first-order chi connectivity index (χ1) is 13.6. The maximum absolute atomic E-state index is 13.2. The Labute approximate surface area is 173 Å². The van der Waals surface area contributed by atoms with E-state index >= 15 is 0 Å². The molecule has 2 aromatic rings. The minimum Gasteiger partial charge on any atom is -0.377 e. The highest BCUT2D eigenvalue weighted by molar-refractivity contribution is 7.89. The van der Waals surface area contributed by atoms with E-state index in [0.717, 1.165) is 11.1 Å². The van der Waals surface area contributed by atoms with Crippen molar-refractivity contribution in [2.24, 2.45) is 0 Å². The van der Waals surface area contributed by atoms with Gasteiger partial charge in [-0.3, -0.25) is 5.43 Å². The maximum Gasteiger partial charge on any atom is 0.259 e. The second kappa shape index (κ2) is 7.95. The third kappa shape index (κ3) is 4.82. The summed E-state index contributed by atoms with van der Waals surface area (Å²) in [5.74, 6) is 3.10. The van der Waals surface area contributed by atoms with Gasteiger partial charge in [-0.1, -0.05) is 49.8 Å². The first kappa shape index (κ1) is 21.0. The summed E-state index contributed by atoms with van der Waals surface area (Å²) in [6.45, 7) is 6.42. The monoisotopic (exact) mass is 426 g/mol. The molecule has 152 valence electrons. The predicted octanol–water partition coefficient (Wildman–Crippen LogP) is 3.20. The number of hydrogen-bond acceptors (Lipinski definition) is 5. The van der Waals surface area contributed by atoms with Crippen molar-refractivity contribution in [3.63, 3.8) is 0 Å². The molecule has 3 rings (SSSR count). The van der Waals surface area contributed by atoms with E-state index in [1.165, 1.54) is 5.12 Å². The van der Waals surface area contributed by atoms with Gasteiger partial charge in [-0.25, -0.2) is 8.42 Å². The van der Waals surface area contributed by atoms with E-state index in [-0.39, 0.29) is 4.90 Å². The lowest BCUT2D eigenvalue weighted by atomic mass is 10.1. The number of rotatable bonds is 4. The van der Waals surface area contributed by atoms with Crippen LogP contribution in [0, 0.1) is 11.5 Å². The van der Waals surface area contributed by atoms with Crippen LogP contribution >= 0.6 is 0 Å². The number of fused-ring (bicyclic) bond motifs is 1. The fourth-order valence-electron chi connectivity index (χ4n) is 2.88. The van der Waals surface area contributed by atoms with Crippen molar-refractivity contribution in [3.05, 3.63) is 60.4 Å². The fourth-order valence-corrected chi connectivity index (χ4v) is 4.60. The van der Waals surface area contributed by atoms with E-state index in [1.807, 2.05) is 43.3 Å². The van der Waals surface area contributed by atoms with Crippen molar-refractivity contribution in [3.8, 4) is 11.5 Å². The number of sulfonamides is 1. The SMILES string of the molecule is CN(C)c1cccc2c(S(=O)(=O)NN3NC=CC=C3C#C[Si](C)(C)C)cccc12. The molecule has 29 heavy (non-hydrogen) atoms. The minimum atomic E-state index is -3.85. The molecule has 8 heteroatoms. The van der Waals surface area contributed by atoms with Crippen molar-refractivity contribution in [2.45, 2.75) is 24.5 Å². The largest absolute Gasteiger partial charge is 0.377 e. The molecule has 0 atom stereocenters. The average molecular weight is 427 g/mol. The normalized spacial score (nSPS) is 14.1. The van der Waals surface area contributed by atoms with E-state index in [1.54, 1.807) is 30.5 Å². The molecule has 0 bridgehead atoms. The molecule has 1 aliphatic heterocycles. The zero-order chi connectivity index (χ0) is 21.2.